The molecule has 0 unspecified atom stereocenters. The summed E-state index contributed by atoms with van der Waals surface area (Å²) in [5.74, 6) is 0. The molecule has 1 aromatic carbocycles. The SMILES string of the molecule is C=C(C)CN(C)CCC/C(=C/C)c1ccccc1C. The van der Waals surface area contributed by atoms with Gasteiger partial charge in [0.05, 0.1) is 0 Å². The Bertz CT molecular complexity index is 443. The van der Waals surface area contributed by atoms with E-state index in [0.717, 1.165) is 19.5 Å². The van der Waals surface area contributed by atoms with E-state index in [4.69, 9.17) is 0 Å². The Balaban J connectivity index is 2.51. The van der Waals surface area contributed by atoms with Crippen LogP contribution in [0.1, 0.15) is 37.8 Å². The third kappa shape index (κ3) is 5.44. The summed E-state index contributed by atoms with van der Waals surface area (Å²) >= 11 is 0. The first-order valence-electron chi connectivity index (χ1n) is 7.08. The summed E-state index contributed by atoms with van der Waals surface area (Å²) in [7, 11) is 2.16. The first-order chi connectivity index (χ1) is 9.04. The van der Waals surface area contributed by atoms with Crippen LogP contribution in [0.25, 0.3) is 5.57 Å². The van der Waals surface area contributed by atoms with Crippen LogP contribution in [0.3, 0.4) is 0 Å². The highest BCUT2D eigenvalue weighted by Gasteiger charge is 2.05. The van der Waals surface area contributed by atoms with Gasteiger partial charge in [0.1, 0.15) is 0 Å². The zero-order chi connectivity index (χ0) is 14.3. The van der Waals surface area contributed by atoms with Gasteiger partial charge in [-0.15, -0.1) is 0 Å². The van der Waals surface area contributed by atoms with Gasteiger partial charge in [-0.1, -0.05) is 42.5 Å². The van der Waals surface area contributed by atoms with Gasteiger partial charge in [0.25, 0.3) is 0 Å². The smallest absolute Gasteiger partial charge is 0.0184 e. The molecule has 0 saturated carbocycles. The zero-order valence-corrected chi connectivity index (χ0v) is 12.9. The predicted molar refractivity (Wildman–Crippen MR) is 86.4 cm³/mol. The van der Waals surface area contributed by atoms with Crippen molar-refractivity contribution in [1.29, 1.82) is 0 Å². The van der Waals surface area contributed by atoms with E-state index in [1.54, 1.807) is 0 Å². The molecule has 0 atom stereocenters. The van der Waals surface area contributed by atoms with Gasteiger partial charge in [-0.2, -0.15) is 0 Å². The average Bonchev–Trinajstić information content (AvgIpc) is 2.35. The second-order valence-corrected chi connectivity index (χ2v) is 5.43. The van der Waals surface area contributed by atoms with Crippen LogP contribution in [-0.2, 0) is 0 Å². The van der Waals surface area contributed by atoms with Crippen molar-refractivity contribution in [3.63, 3.8) is 0 Å². The van der Waals surface area contributed by atoms with E-state index < -0.39 is 0 Å². The zero-order valence-electron chi connectivity index (χ0n) is 12.9. The molecule has 1 nitrogen and oxygen atoms in total. The van der Waals surface area contributed by atoms with Crippen molar-refractivity contribution in [2.24, 2.45) is 0 Å². The summed E-state index contributed by atoms with van der Waals surface area (Å²) in [5.41, 5.74) is 5.45. The Morgan fingerprint density at radius 3 is 2.58 bits per heavy atom. The van der Waals surface area contributed by atoms with E-state index >= 15 is 0 Å². The third-order valence-corrected chi connectivity index (χ3v) is 3.37. The quantitative estimate of drug-likeness (QED) is 0.641. The number of hydrogen-bond acceptors (Lipinski definition) is 1. The molecular weight excluding hydrogens is 230 g/mol. The Morgan fingerprint density at radius 1 is 1.32 bits per heavy atom. The molecule has 104 valence electrons. The van der Waals surface area contributed by atoms with E-state index in [-0.39, 0.29) is 0 Å². The Morgan fingerprint density at radius 2 is 2.00 bits per heavy atom. The van der Waals surface area contributed by atoms with Gasteiger partial charge in [-0.3, -0.25) is 0 Å². The number of nitrogens with zero attached hydrogens (tertiary/aromatic N) is 1. The minimum absolute atomic E-state index is 0.996. The fraction of sp³-hybridized carbons (Fsp3) is 0.444. The molecule has 0 aliphatic rings. The van der Waals surface area contributed by atoms with Gasteiger partial charge in [0.15, 0.2) is 0 Å². The highest BCUT2D eigenvalue weighted by atomic mass is 15.1. The van der Waals surface area contributed by atoms with Gasteiger partial charge in [0, 0.05) is 6.54 Å². The molecule has 0 spiro atoms. The van der Waals surface area contributed by atoms with Gasteiger partial charge >= 0.3 is 0 Å². The number of rotatable bonds is 7. The predicted octanol–water partition coefficient (Wildman–Crippen LogP) is 4.69. The van der Waals surface area contributed by atoms with Crippen LogP contribution in [-0.4, -0.2) is 25.0 Å². The molecule has 0 aliphatic carbocycles. The molecular formula is C18H27N. The molecule has 19 heavy (non-hydrogen) atoms. The van der Waals surface area contributed by atoms with Gasteiger partial charge in [-0.05, 0) is 63.9 Å². The van der Waals surface area contributed by atoms with Crippen LogP contribution in [0.4, 0.5) is 0 Å². The van der Waals surface area contributed by atoms with E-state index in [9.17, 15) is 0 Å². The normalized spacial score (nSPS) is 11.9. The number of allylic oxidation sites excluding steroid dienone is 2. The molecule has 0 radical (unpaired) electrons. The van der Waals surface area contributed by atoms with Gasteiger partial charge < -0.3 is 4.90 Å². The summed E-state index contributed by atoms with van der Waals surface area (Å²) in [6.07, 6.45) is 4.58. The Labute approximate surface area is 118 Å². The topological polar surface area (TPSA) is 3.24 Å². The van der Waals surface area contributed by atoms with Crippen LogP contribution in [0.2, 0.25) is 0 Å². The minimum Gasteiger partial charge on any atom is -0.302 e. The first-order valence-corrected chi connectivity index (χ1v) is 7.08. The molecule has 0 N–H and O–H groups in total. The lowest BCUT2D eigenvalue weighted by Crippen LogP contribution is -2.21. The van der Waals surface area contributed by atoms with E-state index in [0.29, 0.717) is 0 Å². The van der Waals surface area contributed by atoms with Crippen molar-refractivity contribution in [3.05, 3.63) is 53.6 Å². The summed E-state index contributed by atoms with van der Waals surface area (Å²) in [4.78, 5) is 2.34. The molecule has 0 bridgehead atoms. The maximum Gasteiger partial charge on any atom is 0.0184 e. The average molecular weight is 257 g/mol. The minimum atomic E-state index is 0.996. The molecule has 1 heteroatoms. The largest absolute Gasteiger partial charge is 0.302 e. The molecule has 0 aliphatic heterocycles. The summed E-state index contributed by atoms with van der Waals surface area (Å²) in [6.45, 7) is 12.5. The summed E-state index contributed by atoms with van der Waals surface area (Å²) < 4.78 is 0. The number of aryl methyl sites for hydroxylation is 1. The van der Waals surface area contributed by atoms with Crippen LogP contribution in [0.15, 0.2) is 42.5 Å². The van der Waals surface area contributed by atoms with Gasteiger partial charge in [-0.25, -0.2) is 0 Å². The molecule has 1 aromatic rings. The Hall–Kier alpha value is -1.34. The summed E-state index contributed by atoms with van der Waals surface area (Å²) in [6, 6.07) is 8.64. The Kier molecular flexibility index (Phi) is 6.58. The molecule has 0 fully saturated rings. The van der Waals surface area contributed by atoms with Crippen molar-refractivity contribution < 1.29 is 0 Å². The highest BCUT2D eigenvalue weighted by molar-refractivity contribution is 5.67. The maximum absolute atomic E-state index is 3.96. The van der Waals surface area contributed by atoms with Crippen molar-refractivity contribution >= 4 is 5.57 Å². The molecule has 0 saturated heterocycles. The van der Waals surface area contributed by atoms with Gasteiger partial charge in [0.2, 0.25) is 0 Å². The highest BCUT2D eigenvalue weighted by Crippen LogP contribution is 2.23. The maximum atomic E-state index is 3.96. The van der Waals surface area contributed by atoms with E-state index in [2.05, 4.69) is 69.6 Å². The van der Waals surface area contributed by atoms with Crippen molar-refractivity contribution in [3.8, 4) is 0 Å². The van der Waals surface area contributed by atoms with Crippen LogP contribution in [0.5, 0.6) is 0 Å². The van der Waals surface area contributed by atoms with Crippen LogP contribution in [0, 0.1) is 6.92 Å². The number of hydrogen-bond donors (Lipinski definition) is 0. The van der Waals surface area contributed by atoms with Crippen molar-refractivity contribution in [2.75, 3.05) is 20.1 Å². The monoisotopic (exact) mass is 257 g/mol. The van der Waals surface area contributed by atoms with Crippen LogP contribution < -0.4 is 0 Å². The fourth-order valence-electron chi connectivity index (χ4n) is 2.45. The number of likely N-dealkylation sites (N-methyl/N-ethyl adjacent to an activating group) is 1. The number of benzene rings is 1. The summed E-state index contributed by atoms with van der Waals surface area (Å²) in [5, 5.41) is 0. The standard InChI is InChI=1S/C18H27N/c1-6-17(18-12-8-7-10-16(18)4)11-9-13-19(5)14-15(2)3/h6-8,10,12H,2,9,11,13-14H2,1,3-5H3/b17-6-. The first kappa shape index (κ1) is 15.7. The lowest BCUT2D eigenvalue weighted by molar-refractivity contribution is 0.358. The second kappa shape index (κ2) is 7.96. The van der Waals surface area contributed by atoms with Crippen molar-refractivity contribution in [2.45, 2.75) is 33.6 Å². The lowest BCUT2D eigenvalue weighted by atomic mass is 9.97. The molecule has 0 heterocycles. The second-order valence-electron chi connectivity index (χ2n) is 5.43. The third-order valence-electron chi connectivity index (χ3n) is 3.37. The fourth-order valence-corrected chi connectivity index (χ4v) is 2.45. The van der Waals surface area contributed by atoms with Crippen LogP contribution >= 0.6 is 0 Å². The van der Waals surface area contributed by atoms with Crippen molar-refractivity contribution in [1.82, 2.24) is 4.90 Å². The van der Waals surface area contributed by atoms with E-state index in [1.165, 1.54) is 28.7 Å². The molecule has 0 aromatic heterocycles. The molecule has 1 rings (SSSR count). The lowest BCUT2D eigenvalue weighted by Gasteiger charge is -2.17. The molecule has 0 amide bonds. The van der Waals surface area contributed by atoms with E-state index in [1.807, 2.05) is 0 Å².